The van der Waals surface area contributed by atoms with Gasteiger partial charge in [0.05, 0.1) is 19.3 Å². The lowest BCUT2D eigenvalue weighted by Gasteiger charge is -2.26. The lowest BCUT2D eigenvalue weighted by Crippen LogP contribution is -2.48. The highest BCUT2D eigenvalue weighted by atomic mass is 79.9. The Morgan fingerprint density at radius 2 is 2.29 bits per heavy atom. The van der Waals surface area contributed by atoms with Crippen molar-refractivity contribution in [1.82, 2.24) is 5.32 Å². The van der Waals surface area contributed by atoms with E-state index in [9.17, 15) is 4.79 Å². The molecular weight excluding hydrogens is 282 g/mol. The second-order valence-corrected chi connectivity index (χ2v) is 5.25. The molecule has 1 amide bonds. The summed E-state index contributed by atoms with van der Waals surface area (Å²) in [6, 6.07) is 6.44. The van der Waals surface area contributed by atoms with Crippen LogP contribution in [0.1, 0.15) is 17.5 Å². The Labute approximate surface area is 110 Å². The number of aryl methyl sites for hydroxylation is 2. The number of benzene rings is 1. The molecule has 1 aliphatic heterocycles. The molecule has 1 aromatic rings. The molecular formula is C13H16BrNO2. The zero-order valence-corrected chi connectivity index (χ0v) is 11.4. The molecule has 0 aromatic heterocycles. The molecule has 0 spiro atoms. The fourth-order valence-electron chi connectivity index (χ4n) is 1.72. The van der Waals surface area contributed by atoms with Crippen molar-refractivity contribution in [3.05, 3.63) is 33.8 Å². The second kappa shape index (κ2) is 5.65. The summed E-state index contributed by atoms with van der Waals surface area (Å²) in [5, 5.41) is 2.94. The van der Waals surface area contributed by atoms with E-state index in [1.807, 2.05) is 0 Å². The van der Waals surface area contributed by atoms with Crippen molar-refractivity contribution in [2.24, 2.45) is 0 Å². The molecule has 1 aliphatic rings. The number of carbonyl (C=O) groups excluding carboxylic acids is 1. The van der Waals surface area contributed by atoms with Gasteiger partial charge in [0.25, 0.3) is 0 Å². The topological polar surface area (TPSA) is 38.3 Å². The molecule has 0 radical (unpaired) electrons. The first-order chi connectivity index (χ1) is 8.15. The highest BCUT2D eigenvalue weighted by molar-refractivity contribution is 9.10. The first kappa shape index (κ1) is 12.6. The predicted molar refractivity (Wildman–Crippen MR) is 69.9 cm³/mol. The van der Waals surface area contributed by atoms with Gasteiger partial charge >= 0.3 is 0 Å². The maximum absolute atomic E-state index is 11.6. The Balaban J connectivity index is 1.82. The van der Waals surface area contributed by atoms with Gasteiger partial charge in [-0.3, -0.25) is 4.79 Å². The highest BCUT2D eigenvalue weighted by Crippen LogP contribution is 2.19. The molecule has 1 saturated heterocycles. The molecule has 0 atom stereocenters. The Bertz CT molecular complexity index is 416. The lowest BCUT2D eigenvalue weighted by atomic mass is 10.1. The van der Waals surface area contributed by atoms with Crippen molar-refractivity contribution in [2.75, 3.05) is 13.2 Å². The number of rotatable bonds is 4. The van der Waals surface area contributed by atoms with Crippen molar-refractivity contribution in [1.29, 1.82) is 0 Å². The summed E-state index contributed by atoms with van der Waals surface area (Å²) in [6.07, 6.45) is 1.29. The molecule has 1 aromatic carbocycles. The van der Waals surface area contributed by atoms with Crippen LogP contribution in [-0.4, -0.2) is 25.2 Å². The summed E-state index contributed by atoms with van der Waals surface area (Å²) in [7, 11) is 0. The first-order valence-electron chi connectivity index (χ1n) is 5.77. The van der Waals surface area contributed by atoms with Crippen molar-refractivity contribution < 1.29 is 9.53 Å². The van der Waals surface area contributed by atoms with E-state index in [0.29, 0.717) is 19.6 Å². The molecule has 2 rings (SSSR count). The van der Waals surface area contributed by atoms with Gasteiger partial charge < -0.3 is 10.1 Å². The van der Waals surface area contributed by atoms with Crippen LogP contribution in [0.4, 0.5) is 0 Å². The van der Waals surface area contributed by atoms with Gasteiger partial charge in [-0.15, -0.1) is 0 Å². The Hall–Kier alpha value is -0.870. The van der Waals surface area contributed by atoms with Crippen LogP contribution < -0.4 is 5.32 Å². The molecule has 0 aliphatic carbocycles. The lowest BCUT2D eigenvalue weighted by molar-refractivity contribution is -0.125. The van der Waals surface area contributed by atoms with Crippen molar-refractivity contribution >= 4 is 21.8 Å². The van der Waals surface area contributed by atoms with E-state index in [-0.39, 0.29) is 11.9 Å². The minimum Gasteiger partial charge on any atom is -0.377 e. The number of hydrogen-bond acceptors (Lipinski definition) is 2. The maximum Gasteiger partial charge on any atom is 0.220 e. The van der Waals surface area contributed by atoms with Crippen LogP contribution in [0, 0.1) is 6.92 Å². The van der Waals surface area contributed by atoms with E-state index in [2.05, 4.69) is 46.4 Å². The molecule has 17 heavy (non-hydrogen) atoms. The number of hydrogen-bond donors (Lipinski definition) is 1. The largest absolute Gasteiger partial charge is 0.377 e. The van der Waals surface area contributed by atoms with Crippen molar-refractivity contribution in [3.63, 3.8) is 0 Å². The van der Waals surface area contributed by atoms with Gasteiger partial charge in [-0.05, 0) is 30.5 Å². The number of ether oxygens (including phenoxy) is 1. The quantitative estimate of drug-likeness (QED) is 0.925. The third kappa shape index (κ3) is 3.54. The normalized spacial score (nSPS) is 15.4. The molecule has 1 N–H and O–H groups in total. The summed E-state index contributed by atoms with van der Waals surface area (Å²) in [5.41, 5.74) is 2.40. The van der Waals surface area contributed by atoms with E-state index >= 15 is 0 Å². The molecule has 0 bridgehead atoms. The van der Waals surface area contributed by atoms with E-state index < -0.39 is 0 Å². The van der Waals surface area contributed by atoms with Crippen LogP contribution in [0.3, 0.4) is 0 Å². The van der Waals surface area contributed by atoms with Crippen molar-refractivity contribution in [2.45, 2.75) is 25.8 Å². The van der Waals surface area contributed by atoms with Gasteiger partial charge in [-0.2, -0.15) is 0 Å². The summed E-state index contributed by atoms with van der Waals surface area (Å²) in [4.78, 5) is 11.6. The Kier molecular flexibility index (Phi) is 4.18. The van der Waals surface area contributed by atoms with Gasteiger partial charge in [-0.1, -0.05) is 28.1 Å². The molecule has 92 valence electrons. The third-order valence-corrected chi connectivity index (χ3v) is 3.57. The number of nitrogens with one attached hydrogen (secondary N) is 1. The molecule has 1 heterocycles. The predicted octanol–water partition coefficient (Wildman–Crippen LogP) is 2.21. The minimum absolute atomic E-state index is 0.103. The van der Waals surface area contributed by atoms with Crippen LogP contribution in [-0.2, 0) is 16.0 Å². The van der Waals surface area contributed by atoms with Crippen LogP contribution in [0.5, 0.6) is 0 Å². The summed E-state index contributed by atoms with van der Waals surface area (Å²) < 4.78 is 6.09. The fraction of sp³-hybridized carbons (Fsp3) is 0.462. The summed E-state index contributed by atoms with van der Waals surface area (Å²) in [5.74, 6) is 0.103. The molecule has 1 fully saturated rings. The third-order valence-electron chi connectivity index (χ3n) is 2.83. The summed E-state index contributed by atoms with van der Waals surface area (Å²) in [6.45, 7) is 3.36. The minimum atomic E-state index is 0.103. The molecule has 4 heteroatoms. The van der Waals surface area contributed by atoms with Gasteiger partial charge in [-0.25, -0.2) is 0 Å². The Morgan fingerprint density at radius 1 is 1.53 bits per heavy atom. The summed E-state index contributed by atoms with van der Waals surface area (Å²) >= 11 is 3.52. The van der Waals surface area contributed by atoms with E-state index in [4.69, 9.17) is 4.74 Å². The molecule has 0 unspecified atom stereocenters. The van der Waals surface area contributed by atoms with Crippen LogP contribution in [0.15, 0.2) is 22.7 Å². The van der Waals surface area contributed by atoms with E-state index in [1.165, 1.54) is 11.1 Å². The monoisotopic (exact) mass is 297 g/mol. The average molecular weight is 298 g/mol. The second-order valence-electron chi connectivity index (χ2n) is 4.40. The zero-order valence-electron chi connectivity index (χ0n) is 9.83. The van der Waals surface area contributed by atoms with E-state index in [1.54, 1.807) is 0 Å². The van der Waals surface area contributed by atoms with E-state index in [0.717, 1.165) is 10.9 Å². The van der Waals surface area contributed by atoms with Gasteiger partial charge in [0, 0.05) is 10.9 Å². The smallest absolute Gasteiger partial charge is 0.220 e. The number of amides is 1. The molecule has 3 nitrogen and oxygen atoms in total. The number of carbonyl (C=O) groups is 1. The average Bonchev–Trinajstić information content (AvgIpc) is 2.22. The van der Waals surface area contributed by atoms with Gasteiger partial charge in [0.15, 0.2) is 0 Å². The Morgan fingerprint density at radius 3 is 2.88 bits per heavy atom. The van der Waals surface area contributed by atoms with Crippen LogP contribution in [0.2, 0.25) is 0 Å². The standard InChI is InChI=1S/C13H16BrNO2/c1-9-2-3-10(12(14)6-9)4-5-13(16)15-11-7-17-8-11/h2-3,6,11H,4-5,7-8H2,1H3,(H,15,16). The molecule has 0 saturated carbocycles. The zero-order chi connectivity index (χ0) is 12.3. The number of halogens is 1. The van der Waals surface area contributed by atoms with Gasteiger partial charge in [0.2, 0.25) is 5.91 Å². The fourth-order valence-corrected chi connectivity index (χ4v) is 2.41. The van der Waals surface area contributed by atoms with Gasteiger partial charge in [0.1, 0.15) is 0 Å². The first-order valence-corrected chi connectivity index (χ1v) is 6.56. The van der Waals surface area contributed by atoms with Crippen LogP contribution in [0.25, 0.3) is 0 Å². The highest BCUT2D eigenvalue weighted by Gasteiger charge is 2.19. The maximum atomic E-state index is 11.6. The SMILES string of the molecule is Cc1ccc(CCC(=O)NC2COC2)c(Br)c1. The van der Waals surface area contributed by atoms with Crippen molar-refractivity contribution in [3.8, 4) is 0 Å². The van der Waals surface area contributed by atoms with Crippen LogP contribution >= 0.6 is 15.9 Å².